The first kappa shape index (κ1) is 17.8. The second-order valence-corrected chi connectivity index (χ2v) is 7.71. The second kappa shape index (κ2) is 6.91. The molecular weight excluding hydrogens is 288 g/mol. The number of likely N-dealkylation sites (N-methyl/N-ethyl adjacent to an activating group) is 1. The van der Waals surface area contributed by atoms with E-state index < -0.39 is 0 Å². The Morgan fingerprint density at radius 1 is 1.17 bits per heavy atom. The van der Waals surface area contributed by atoms with Gasteiger partial charge in [-0.2, -0.15) is 0 Å². The number of ether oxygens (including phenoxy) is 1. The molecule has 1 aliphatic heterocycles. The third-order valence-electron chi connectivity index (χ3n) is 4.32. The number of hydrogen-bond donors (Lipinski definition) is 0. The lowest BCUT2D eigenvalue weighted by Crippen LogP contribution is -2.50. The Morgan fingerprint density at radius 3 is 2.17 bits per heavy atom. The van der Waals surface area contributed by atoms with Crippen molar-refractivity contribution in [2.45, 2.75) is 52.2 Å². The Morgan fingerprint density at radius 2 is 1.70 bits per heavy atom. The van der Waals surface area contributed by atoms with Gasteiger partial charge in [-0.3, -0.25) is 4.79 Å². The minimum atomic E-state index is 0.110. The van der Waals surface area contributed by atoms with Crippen molar-refractivity contribution < 1.29 is 9.53 Å². The molecule has 2 atom stereocenters. The third-order valence-corrected chi connectivity index (χ3v) is 4.32. The highest BCUT2D eigenvalue weighted by atomic mass is 16.5. The standard InChI is InChI=1S/C19H30N2O2/c1-14-11-21(12-15(2)23-14)18(22)13-20(6)17-9-7-16(8-10-17)19(3,4)5/h7-10,14-15H,11-13H2,1-6H3. The van der Waals surface area contributed by atoms with Crippen LogP contribution in [0.1, 0.15) is 40.2 Å². The van der Waals surface area contributed by atoms with Crippen molar-refractivity contribution in [1.29, 1.82) is 0 Å². The van der Waals surface area contributed by atoms with Crippen molar-refractivity contribution in [2.75, 3.05) is 31.6 Å². The Bertz CT molecular complexity index is 523. The van der Waals surface area contributed by atoms with E-state index in [1.807, 2.05) is 30.7 Å². The van der Waals surface area contributed by atoms with Gasteiger partial charge in [0.15, 0.2) is 0 Å². The molecule has 2 unspecified atom stereocenters. The highest BCUT2D eigenvalue weighted by Gasteiger charge is 2.26. The zero-order valence-electron chi connectivity index (χ0n) is 15.3. The van der Waals surface area contributed by atoms with Crippen LogP contribution in [0.5, 0.6) is 0 Å². The summed E-state index contributed by atoms with van der Waals surface area (Å²) in [6, 6.07) is 8.49. The van der Waals surface area contributed by atoms with Crippen molar-refractivity contribution >= 4 is 11.6 Å². The van der Waals surface area contributed by atoms with Gasteiger partial charge >= 0.3 is 0 Å². The number of nitrogens with zero attached hydrogens (tertiary/aromatic N) is 2. The number of carbonyl (C=O) groups is 1. The summed E-state index contributed by atoms with van der Waals surface area (Å²) in [5.41, 5.74) is 2.52. The van der Waals surface area contributed by atoms with E-state index in [2.05, 4.69) is 45.0 Å². The maximum Gasteiger partial charge on any atom is 0.242 e. The van der Waals surface area contributed by atoms with Gasteiger partial charge in [-0.05, 0) is 37.0 Å². The molecule has 0 radical (unpaired) electrons. The lowest BCUT2D eigenvalue weighted by molar-refractivity contribution is -0.141. The highest BCUT2D eigenvalue weighted by Crippen LogP contribution is 2.24. The molecule has 0 saturated carbocycles. The lowest BCUT2D eigenvalue weighted by Gasteiger charge is -2.36. The van der Waals surface area contributed by atoms with Crippen molar-refractivity contribution in [3.8, 4) is 0 Å². The second-order valence-electron chi connectivity index (χ2n) is 7.71. The van der Waals surface area contributed by atoms with Gasteiger partial charge in [0, 0.05) is 25.8 Å². The number of morpholine rings is 1. The van der Waals surface area contributed by atoms with E-state index in [1.54, 1.807) is 0 Å². The van der Waals surface area contributed by atoms with Gasteiger partial charge < -0.3 is 14.5 Å². The van der Waals surface area contributed by atoms with Crippen molar-refractivity contribution in [3.05, 3.63) is 29.8 Å². The Hall–Kier alpha value is -1.55. The average molecular weight is 318 g/mol. The van der Waals surface area contributed by atoms with E-state index in [0.29, 0.717) is 19.6 Å². The number of carbonyl (C=O) groups excluding carboxylic acids is 1. The molecule has 128 valence electrons. The lowest BCUT2D eigenvalue weighted by atomic mass is 9.87. The first-order valence-electron chi connectivity index (χ1n) is 8.41. The van der Waals surface area contributed by atoms with Crippen LogP contribution in [0.15, 0.2) is 24.3 Å². The smallest absolute Gasteiger partial charge is 0.242 e. The summed E-state index contributed by atoms with van der Waals surface area (Å²) >= 11 is 0. The van der Waals surface area contributed by atoms with Crippen LogP contribution in [-0.4, -0.2) is 49.7 Å². The normalized spacial score (nSPS) is 22.1. The fourth-order valence-electron chi connectivity index (χ4n) is 2.99. The van der Waals surface area contributed by atoms with E-state index in [9.17, 15) is 4.79 Å². The first-order valence-corrected chi connectivity index (χ1v) is 8.41. The summed E-state index contributed by atoms with van der Waals surface area (Å²) in [5.74, 6) is 0.161. The predicted octanol–water partition coefficient (Wildman–Crippen LogP) is 3.06. The highest BCUT2D eigenvalue weighted by molar-refractivity contribution is 5.81. The number of anilines is 1. The summed E-state index contributed by atoms with van der Waals surface area (Å²) in [7, 11) is 1.97. The summed E-state index contributed by atoms with van der Waals surface area (Å²) in [4.78, 5) is 16.5. The molecule has 1 fully saturated rings. The average Bonchev–Trinajstić information content (AvgIpc) is 2.45. The molecule has 1 amide bonds. The third kappa shape index (κ3) is 4.71. The van der Waals surface area contributed by atoms with Crippen molar-refractivity contribution in [1.82, 2.24) is 4.90 Å². The molecule has 2 rings (SSSR count). The monoisotopic (exact) mass is 318 g/mol. The van der Waals surface area contributed by atoms with E-state index in [-0.39, 0.29) is 23.5 Å². The Balaban J connectivity index is 1.98. The molecule has 0 spiro atoms. The summed E-state index contributed by atoms with van der Waals surface area (Å²) in [5, 5.41) is 0. The van der Waals surface area contributed by atoms with Crippen LogP contribution in [-0.2, 0) is 14.9 Å². The Labute approximate surface area is 140 Å². The molecule has 1 heterocycles. The fourth-order valence-corrected chi connectivity index (χ4v) is 2.99. The molecule has 1 aliphatic rings. The molecule has 0 aliphatic carbocycles. The van der Waals surface area contributed by atoms with Gasteiger partial charge in [-0.1, -0.05) is 32.9 Å². The van der Waals surface area contributed by atoms with Gasteiger partial charge in [-0.25, -0.2) is 0 Å². The molecule has 1 aromatic rings. The molecular formula is C19H30N2O2. The molecule has 0 bridgehead atoms. The van der Waals surface area contributed by atoms with E-state index in [0.717, 1.165) is 5.69 Å². The van der Waals surface area contributed by atoms with Crippen molar-refractivity contribution in [2.24, 2.45) is 0 Å². The fraction of sp³-hybridized carbons (Fsp3) is 0.632. The van der Waals surface area contributed by atoms with Gasteiger partial charge in [0.1, 0.15) is 0 Å². The molecule has 1 saturated heterocycles. The van der Waals surface area contributed by atoms with Crippen LogP contribution in [0, 0.1) is 0 Å². The zero-order chi connectivity index (χ0) is 17.2. The molecule has 0 aromatic heterocycles. The van der Waals surface area contributed by atoms with E-state index in [4.69, 9.17) is 4.74 Å². The molecule has 4 nitrogen and oxygen atoms in total. The maximum absolute atomic E-state index is 12.5. The molecule has 0 N–H and O–H groups in total. The van der Waals surface area contributed by atoms with Gasteiger partial charge in [-0.15, -0.1) is 0 Å². The van der Waals surface area contributed by atoms with Crippen LogP contribution in [0.2, 0.25) is 0 Å². The maximum atomic E-state index is 12.5. The molecule has 23 heavy (non-hydrogen) atoms. The SMILES string of the molecule is CC1CN(C(=O)CN(C)c2ccc(C(C)(C)C)cc2)CC(C)O1. The van der Waals surface area contributed by atoms with Crippen molar-refractivity contribution in [3.63, 3.8) is 0 Å². The summed E-state index contributed by atoms with van der Waals surface area (Å²) in [6.07, 6.45) is 0.221. The minimum Gasteiger partial charge on any atom is -0.372 e. The van der Waals surface area contributed by atoms with Crippen LogP contribution < -0.4 is 4.90 Å². The van der Waals surface area contributed by atoms with Crippen LogP contribution in [0.25, 0.3) is 0 Å². The summed E-state index contributed by atoms with van der Waals surface area (Å²) in [6.45, 7) is 12.4. The topological polar surface area (TPSA) is 32.8 Å². The number of rotatable bonds is 3. The Kier molecular flexibility index (Phi) is 5.35. The van der Waals surface area contributed by atoms with Gasteiger partial charge in [0.2, 0.25) is 5.91 Å². The quantitative estimate of drug-likeness (QED) is 0.859. The first-order chi connectivity index (χ1) is 10.7. The zero-order valence-corrected chi connectivity index (χ0v) is 15.3. The van der Waals surface area contributed by atoms with Gasteiger partial charge in [0.05, 0.1) is 18.8 Å². The number of benzene rings is 1. The molecule has 1 aromatic carbocycles. The van der Waals surface area contributed by atoms with E-state index >= 15 is 0 Å². The van der Waals surface area contributed by atoms with Gasteiger partial charge in [0.25, 0.3) is 0 Å². The van der Waals surface area contributed by atoms with Crippen LogP contribution >= 0.6 is 0 Å². The number of amides is 1. The summed E-state index contributed by atoms with van der Waals surface area (Å²) < 4.78 is 5.69. The van der Waals surface area contributed by atoms with E-state index in [1.165, 1.54) is 5.56 Å². The minimum absolute atomic E-state index is 0.110. The molecule has 4 heteroatoms. The van der Waals surface area contributed by atoms with Crippen LogP contribution in [0.3, 0.4) is 0 Å². The van der Waals surface area contributed by atoms with Crippen LogP contribution in [0.4, 0.5) is 5.69 Å². The largest absolute Gasteiger partial charge is 0.372 e. The predicted molar refractivity (Wildman–Crippen MR) is 95.0 cm³/mol. The number of hydrogen-bond acceptors (Lipinski definition) is 3.